The number of aryl methyl sites for hydroxylation is 1. The Bertz CT molecular complexity index is 1330. The molecule has 0 amide bonds. The number of fused-ring (bicyclic) bond motifs is 1. The van der Waals surface area contributed by atoms with Crippen LogP contribution in [0.15, 0.2) is 59.5 Å². The van der Waals surface area contributed by atoms with Gasteiger partial charge in [-0.25, -0.2) is 0 Å². The van der Waals surface area contributed by atoms with Gasteiger partial charge in [0.1, 0.15) is 11.4 Å². The highest BCUT2D eigenvalue weighted by Gasteiger charge is 2.32. The fourth-order valence-electron chi connectivity index (χ4n) is 3.48. The summed E-state index contributed by atoms with van der Waals surface area (Å²) in [7, 11) is 1.50. The molecular formula is C23H16ClF3N2O2. The van der Waals surface area contributed by atoms with E-state index in [1.54, 1.807) is 43.3 Å². The second-order valence-electron chi connectivity index (χ2n) is 6.99. The fourth-order valence-corrected chi connectivity index (χ4v) is 3.72. The SMILES string of the molecule is COc1cc2[nH]c(C)c(-c3ccc(-c4ccc(C(F)(F)F)nc4)cc3)c(=O)c2cc1Cl. The van der Waals surface area contributed by atoms with Gasteiger partial charge in [-0.2, -0.15) is 13.2 Å². The van der Waals surface area contributed by atoms with Crippen molar-refractivity contribution in [1.82, 2.24) is 9.97 Å². The fraction of sp³-hybridized carbons (Fsp3) is 0.130. The minimum absolute atomic E-state index is 0.181. The van der Waals surface area contributed by atoms with E-state index in [0.29, 0.717) is 49.6 Å². The molecule has 0 saturated carbocycles. The summed E-state index contributed by atoms with van der Waals surface area (Å²) in [5.74, 6) is 0.464. The van der Waals surface area contributed by atoms with Gasteiger partial charge in [0.2, 0.25) is 0 Å². The van der Waals surface area contributed by atoms with Crippen LogP contribution in [0.3, 0.4) is 0 Å². The molecular weight excluding hydrogens is 429 g/mol. The summed E-state index contributed by atoms with van der Waals surface area (Å²) in [6.45, 7) is 1.80. The van der Waals surface area contributed by atoms with E-state index in [1.807, 2.05) is 0 Å². The highest BCUT2D eigenvalue weighted by Crippen LogP contribution is 2.32. The lowest BCUT2D eigenvalue weighted by Crippen LogP contribution is -2.10. The van der Waals surface area contributed by atoms with Crippen molar-refractivity contribution in [1.29, 1.82) is 0 Å². The van der Waals surface area contributed by atoms with Crippen LogP contribution in [0.25, 0.3) is 33.2 Å². The molecule has 31 heavy (non-hydrogen) atoms. The normalized spacial score (nSPS) is 11.7. The topological polar surface area (TPSA) is 55.0 Å². The molecule has 0 saturated heterocycles. The minimum atomic E-state index is -4.48. The van der Waals surface area contributed by atoms with E-state index in [0.717, 1.165) is 6.07 Å². The molecule has 0 radical (unpaired) electrons. The van der Waals surface area contributed by atoms with Gasteiger partial charge < -0.3 is 9.72 Å². The van der Waals surface area contributed by atoms with E-state index in [9.17, 15) is 18.0 Å². The Hall–Kier alpha value is -3.32. The highest BCUT2D eigenvalue weighted by molar-refractivity contribution is 6.32. The molecule has 4 rings (SSSR count). The number of nitrogens with one attached hydrogen (secondary N) is 1. The van der Waals surface area contributed by atoms with Gasteiger partial charge >= 0.3 is 6.18 Å². The van der Waals surface area contributed by atoms with Crippen LogP contribution in [0, 0.1) is 6.92 Å². The molecule has 4 nitrogen and oxygen atoms in total. The standard InChI is InChI=1S/C23H16ClF3N2O2/c1-12-21(22(30)16-9-17(24)19(31-2)10-18(16)29-12)14-5-3-13(4-6-14)15-7-8-20(28-11-15)23(25,26)27/h3-11H,1-2H3,(H,29,30). The molecule has 0 aliphatic carbocycles. The van der Waals surface area contributed by atoms with E-state index in [2.05, 4.69) is 9.97 Å². The molecule has 0 fully saturated rings. The zero-order valence-electron chi connectivity index (χ0n) is 16.5. The van der Waals surface area contributed by atoms with Crippen molar-refractivity contribution in [3.63, 3.8) is 0 Å². The van der Waals surface area contributed by atoms with Crippen LogP contribution < -0.4 is 10.2 Å². The summed E-state index contributed by atoms with van der Waals surface area (Å²) >= 11 is 6.19. The number of pyridine rings is 2. The third-order valence-electron chi connectivity index (χ3n) is 5.02. The zero-order valence-corrected chi connectivity index (χ0v) is 17.2. The van der Waals surface area contributed by atoms with Gasteiger partial charge in [0.25, 0.3) is 0 Å². The summed E-state index contributed by atoms with van der Waals surface area (Å²) in [6.07, 6.45) is -3.30. The number of aromatic amines is 1. The van der Waals surface area contributed by atoms with Crippen molar-refractivity contribution in [3.8, 4) is 28.0 Å². The van der Waals surface area contributed by atoms with Gasteiger partial charge in [0.15, 0.2) is 5.43 Å². The van der Waals surface area contributed by atoms with Crippen LogP contribution in [0.2, 0.25) is 5.02 Å². The molecule has 158 valence electrons. The molecule has 2 aromatic heterocycles. The largest absolute Gasteiger partial charge is 0.495 e. The summed E-state index contributed by atoms with van der Waals surface area (Å²) in [4.78, 5) is 19.9. The second kappa shape index (κ2) is 7.74. The van der Waals surface area contributed by atoms with Crippen LogP contribution in [0.1, 0.15) is 11.4 Å². The Morgan fingerprint density at radius 3 is 2.23 bits per heavy atom. The van der Waals surface area contributed by atoms with Crippen LogP contribution in [0.5, 0.6) is 5.75 Å². The first-order valence-electron chi connectivity index (χ1n) is 9.23. The van der Waals surface area contributed by atoms with E-state index in [1.165, 1.54) is 19.4 Å². The molecule has 0 spiro atoms. The van der Waals surface area contributed by atoms with Gasteiger partial charge in [-0.1, -0.05) is 41.9 Å². The number of benzene rings is 2. The van der Waals surface area contributed by atoms with E-state index < -0.39 is 11.9 Å². The Morgan fingerprint density at radius 2 is 1.65 bits per heavy atom. The molecule has 0 atom stereocenters. The number of rotatable bonds is 3. The Labute approximate surface area is 180 Å². The number of hydrogen-bond donors (Lipinski definition) is 1. The van der Waals surface area contributed by atoms with Gasteiger partial charge in [-0.05, 0) is 30.2 Å². The van der Waals surface area contributed by atoms with Crippen molar-refractivity contribution < 1.29 is 17.9 Å². The number of ether oxygens (including phenoxy) is 1. The number of aromatic nitrogens is 2. The van der Waals surface area contributed by atoms with E-state index >= 15 is 0 Å². The van der Waals surface area contributed by atoms with Crippen molar-refractivity contribution in [2.75, 3.05) is 7.11 Å². The average Bonchev–Trinajstić information content (AvgIpc) is 2.74. The lowest BCUT2D eigenvalue weighted by molar-refractivity contribution is -0.141. The number of halogens is 4. The lowest BCUT2D eigenvalue weighted by atomic mass is 9.98. The molecule has 0 aliphatic rings. The van der Waals surface area contributed by atoms with Gasteiger partial charge in [-0.15, -0.1) is 0 Å². The van der Waals surface area contributed by atoms with Crippen LogP contribution in [-0.2, 0) is 6.18 Å². The minimum Gasteiger partial charge on any atom is -0.495 e. The maximum atomic E-state index is 13.2. The molecule has 0 aliphatic heterocycles. The third kappa shape index (κ3) is 3.88. The first-order valence-corrected chi connectivity index (χ1v) is 9.61. The number of hydrogen-bond acceptors (Lipinski definition) is 3. The van der Waals surface area contributed by atoms with Crippen LogP contribution in [-0.4, -0.2) is 17.1 Å². The Morgan fingerprint density at radius 1 is 1.00 bits per heavy atom. The van der Waals surface area contributed by atoms with Crippen LogP contribution >= 0.6 is 11.6 Å². The maximum absolute atomic E-state index is 13.2. The van der Waals surface area contributed by atoms with Crippen LogP contribution in [0.4, 0.5) is 13.2 Å². The van der Waals surface area contributed by atoms with E-state index in [4.69, 9.17) is 16.3 Å². The van der Waals surface area contributed by atoms with E-state index in [-0.39, 0.29) is 5.43 Å². The number of methoxy groups -OCH3 is 1. The Balaban J connectivity index is 1.75. The zero-order chi connectivity index (χ0) is 22.3. The van der Waals surface area contributed by atoms with Crippen molar-refractivity contribution in [2.24, 2.45) is 0 Å². The Kier molecular flexibility index (Phi) is 5.23. The maximum Gasteiger partial charge on any atom is 0.433 e. The molecule has 1 N–H and O–H groups in total. The molecule has 4 aromatic rings. The summed E-state index contributed by atoms with van der Waals surface area (Å²) in [5, 5.41) is 0.767. The molecule has 0 unspecified atom stereocenters. The predicted molar refractivity (Wildman–Crippen MR) is 115 cm³/mol. The molecule has 0 bridgehead atoms. The summed E-state index contributed by atoms with van der Waals surface area (Å²) < 4.78 is 43.3. The first kappa shape index (κ1) is 20.9. The monoisotopic (exact) mass is 444 g/mol. The lowest BCUT2D eigenvalue weighted by Gasteiger charge is -2.11. The quantitative estimate of drug-likeness (QED) is 0.406. The number of nitrogens with zero attached hydrogens (tertiary/aromatic N) is 1. The van der Waals surface area contributed by atoms with Gasteiger partial charge in [0.05, 0.1) is 17.6 Å². The van der Waals surface area contributed by atoms with Crippen molar-refractivity contribution in [3.05, 3.63) is 81.4 Å². The number of alkyl halides is 3. The first-order chi connectivity index (χ1) is 14.7. The summed E-state index contributed by atoms with van der Waals surface area (Å²) in [5.41, 5.74) is 2.56. The van der Waals surface area contributed by atoms with Crippen molar-refractivity contribution in [2.45, 2.75) is 13.1 Å². The average molecular weight is 445 g/mol. The number of H-pyrrole nitrogens is 1. The molecule has 2 heterocycles. The molecule has 8 heteroatoms. The van der Waals surface area contributed by atoms with Gasteiger partial charge in [0, 0.05) is 34.5 Å². The summed E-state index contributed by atoms with van der Waals surface area (Å²) in [6, 6.07) is 12.5. The third-order valence-corrected chi connectivity index (χ3v) is 5.32. The smallest absolute Gasteiger partial charge is 0.433 e. The highest BCUT2D eigenvalue weighted by atomic mass is 35.5. The second-order valence-corrected chi connectivity index (χ2v) is 7.40. The molecule has 2 aromatic carbocycles. The van der Waals surface area contributed by atoms with Crippen molar-refractivity contribution >= 4 is 22.5 Å². The predicted octanol–water partition coefficient (Wildman–Crippen LogP) is 6.25. The van der Waals surface area contributed by atoms with Gasteiger partial charge in [-0.3, -0.25) is 9.78 Å².